The largest absolute Gasteiger partial charge is 0.300 e. The third-order valence-corrected chi connectivity index (χ3v) is 13.5. The topological polar surface area (TPSA) is 23.9 Å². The maximum absolute atomic E-state index is 8.39. The number of rotatable bonds is 3. The number of hydrogen-bond acceptors (Lipinski definition) is 1. The van der Waals surface area contributed by atoms with Crippen molar-refractivity contribution < 1.29 is 0 Å². The van der Waals surface area contributed by atoms with Crippen LogP contribution in [0.15, 0.2) is 206 Å². The van der Waals surface area contributed by atoms with Gasteiger partial charge in [0.2, 0.25) is 0 Å². The molecule has 0 fully saturated rings. The first-order valence-electron chi connectivity index (χ1n) is 21.8. The Bertz CT molecular complexity index is 3070. The van der Waals surface area contributed by atoms with Crippen LogP contribution in [0.4, 0.5) is 0 Å². The van der Waals surface area contributed by atoms with E-state index in [2.05, 4.69) is 164 Å². The van der Waals surface area contributed by atoms with Gasteiger partial charge in [0.1, 0.15) is 0 Å². The molecule has 8 aromatic rings. The monoisotopic (exact) mass is 783 g/mol. The minimum atomic E-state index is -0.425. The third-order valence-electron chi connectivity index (χ3n) is 13.5. The lowest BCUT2D eigenvalue weighted by Crippen LogP contribution is -2.44. The molecule has 1 unspecified atom stereocenters. The second-order valence-electron chi connectivity index (χ2n) is 16.2. The summed E-state index contributed by atoms with van der Waals surface area (Å²) in [7, 11) is 0. The van der Waals surface area contributed by atoms with E-state index in [-0.39, 0.29) is 5.41 Å². The van der Waals surface area contributed by atoms with Crippen LogP contribution in [0.5, 0.6) is 0 Å². The van der Waals surface area contributed by atoms with E-state index in [0.717, 1.165) is 29.5 Å². The van der Waals surface area contributed by atoms with Crippen molar-refractivity contribution in [1.82, 2.24) is 0 Å². The summed E-state index contributed by atoms with van der Waals surface area (Å²) in [6.07, 6.45) is 9.08. The number of fused-ring (bicyclic) bond motifs is 16. The SMILES string of the molecule is C=Cc1cccc2c1C1(c3ccccc3-c3ccccc31)c1ccccc1C21C2=C(CCC=C2)c2ccccc21.CC.Cc1ccccc1C(=N)c1ccc2ccccc2c1. The first kappa shape index (κ1) is 38.1. The molecule has 0 radical (unpaired) electrons. The van der Waals surface area contributed by atoms with Crippen molar-refractivity contribution in [1.29, 1.82) is 5.41 Å². The van der Waals surface area contributed by atoms with Crippen molar-refractivity contribution in [3.05, 3.63) is 273 Å². The molecule has 4 aliphatic rings. The maximum Gasteiger partial charge on any atom is 0.0725 e. The zero-order valence-corrected chi connectivity index (χ0v) is 35.2. The molecule has 0 heterocycles. The molecule has 0 amide bonds. The second-order valence-corrected chi connectivity index (χ2v) is 16.2. The molecule has 61 heavy (non-hydrogen) atoms. The van der Waals surface area contributed by atoms with Gasteiger partial charge < -0.3 is 0 Å². The fourth-order valence-corrected chi connectivity index (χ4v) is 11.1. The molecule has 0 bridgehead atoms. The van der Waals surface area contributed by atoms with Crippen LogP contribution in [-0.2, 0) is 10.8 Å². The van der Waals surface area contributed by atoms with Crippen LogP contribution in [0.2, 0.25) is 0 Å². The number of nitrogens with one attached hydrogen (secondary N) is 1. The van der Waals surface area contributed by atoms with Crippen LogP contribution < -0.4 is 0 Å². The molecule has 0 aromatic heterocycles. The quantitative estimate of drug-likeness (QED) is 0.173. The van der Waals surface area contributed by atoms with Gasteiger partial charge in [-0.15, -0.1) is 0 Å². The summed E-state index contributed by atoms with van der Waals surface area (Å²) in [5, 5.41) is 10.8. The van der Waals surface area contributed by atoms with Crippen molar-refractivity contribution in [3.63, 3.8) is 0 Å². The minimum absolute atomic E-state index is 0.370. The first-order valence-corrected chi connectivity index (χ1v) is 21.8. The van der Waals surface area contributed by atoms with Gasteiger partial charge in [-0.05, 0) is 115 Å². The van der Waals surface area contributed by atoms with Gasteiger partial charge in [0.25, 0.3) is 0 Å². The highest BCUT2D eigenvalue weighted by Crippen LogP contribution is 2.68. The first-order chi connectivity index (χ1) is 30.1. The van der Waals surface area contributed by atoms with Crippen molar-refractivity contribution in [2.45, 2.75) is 44.4 Å². The van der Waals surface area contributed by atoms with E-state index in [9.17, 15) is 0 Å². The smallest absolute Gasteiger partial charge is 0.0725 e. The standard InChI is InChI=1S/C40H28.C18H15N.C2H6/c1-2-26-14-13-25-37-38(26)40(33-21-9-5-17-29(33)30-18-6-10-22-34(30)40)36-24-12-11-23-35(36)39(37)31-19-7-3-15-27(31)28-16-4-8-20-32(28)39;1-13-6-2-5-9-17(13)18(19)16-11-10-14-7-3-4-8-15(14)12-16;1-2/h2-3,5-15,17-25H,1,4,16H2;2-12,19H,1H3;1-2H3. The van der Waals surface area contributed by atoms with Crippen molar-refractivity contribution >= 4 is 28.1 Å². The Morgan fingerprint density at radius 3 is 1.75 bits per heavy atom. The maximum atomic E-state index is 8.39. The molecule has 2 spiro atoms. The van der Waals surface area contributed by atoms with Gasteiger partial charge in [-0.3, -0.25) is 5.41 Å². The summed E-state index contributed by atoms with van der Waals surface area (Å²) >= 11 is 0. The highest BCUT2D eigenvalue weighted by atomic mass is 14.6. The molecule has 1 heteroatoms. The van der Waals surface area contributed by atoms with Crippen LogP contribution >= 0.6 is 0 Å². The normalized spacial score (nSPS) is 16.5. The predicted molar refractivity (Wildman–Crippen MR) is 258 cm³/mol. The Kier molecular flexibility index (Phi) is 9.49. The van der Waals surface area contributed by atoms with E-state index in [1.54, 1.807) is 0 Å². The van der Waals surface area contributed by atoms with Crippen LogP contribution in [0.25, 0.3) is 33.5 Å². The summed E-state index contributed by atoms with van der Waals surface area (Å²) in [6.45, 7) is 10.4. The number of hydrogen-bond donors (Lipinski definition) is 1. The summed E-state index contributed by atoms with van der Waals surface area (Å²) in [6, 6.07) is 66.0. The molecule has 8 aromatic carbocycles. The van der Waals surface area contributed by atoms with Crippen LogP contribution in [0.1, 0.15) is 93.5 Å². The molecule has 0 saturated carbocycles. The molecule has 1 atom stereocenters. The second kappa shape index (κ2) is 15.2. The molecule has 0 aliphatic heterocycles. The van der Waals surface area contributed by atoms with E-state index in [0.29, 0.717) is 5.71 Å². The summed E-state index contributed by atoms with van der Waals surface area (Å²) in [5.41, 5.74) is 20.8. The van der Waals surface area contributed by atoms with Crippen LogP contribution in [-0.4, -0.2) is 5.71 Å². The summed E-state index contributed by atoms with van der Waals surface area (Å²) < 4.78 is 0. The average Bonchev–Trinajstić information content (AvgIpc) is 3.80. The fourth-order valence-electron chi connectivity index (χ4n) is 11.1. The summed E-state index contributed by atoms with van der Waals surface area (Å²) in [5.74, 6) is 0. The Balaban J connectivity index is 0.000000178. The van der Waals surface area contributed by atoms with Gasteiger partial charge in [0.05, 0.1) is 16.5 Å². The molecule has 1 N–H and O–H groups in total. The molecular weight excluding hydrogens is 735 g/mol. The Labute approximate surface area is 360 Å². The van der Waals surface area contributed by atoms with Crippen molar-refractivity contribution in [2.75, 3.05) is 0 Å². The lowest BCUT2D eigenvalue weighted by atomic mass is 9.51. The van der Waals surface area contributed by atoms with Gasteiger partial charge in [-0.2, -0.15) is 0 Å². The lowest BCUT2D eigenvalue weighted by Gasteiger charge is -2.50. The molecule has 294 valence electrons. The van der Waals surface area contributed by atoms with E-state index in [4.69, 9.17) is 5.41 Å². The zero-order chi connectivity index (χ0) is 41.7. The molecule has 4 aliphatic carbocycles. The molecular formula is C60H49N. The fraction of sp³-hybridized carbons (Fsp3) is 0.117. The predicted octanol–water partition coefficient (Wildman–Crippen LogP) is 15.0. The average molecular weight is 784 g/mol. The number of aryl methyl sites for hydroxylation is 1. The summed E-state index contributed by atoms with van der Waals surface area (Å²) in [4.78, 5) is 0. The molecule has 1 nitrogen and oxygen atoms in total. The van der Waals surface area contributed by atoms with Crippen molar-refractivity contribution in [3.8, 4) is 11.1 Å². The molecule has 0 saturated heterocycles. The van der Waals surface area contributed by atoms with Gasteiger partial charge in [-0.25, -0.2) is 0 Å². The Morgan fingerprint density at radius 2 is 1.08 bits per heavy atom. The Hall–Kier alpha value is -7.09. The minimum Gasteiger partial charge on any atom is -0.300 e. The van der Waals surface area contributed by atoms with Gasteiger partial charge in [0, 0.05) is 11.1 Å². The zero-order valence-electron chi connectivity index (χ0n) is 35.2. The highest BCUT2D eigenvalue weighted by Gasteiger charge is 2.59. The third kappa shape index (κ3) is 5.43. The van der Waals surface area contributed by atoms with Crippen LogP contribution in [0.3, 0.4) is 0 Å². The van der Waals surface area contributed by atoms with E-state index >= 15 is 0 Å². The van der Waals surface area contributed by atoms with Crippen LogP contribution in [0, 0.1) is 12.3 Å². The van der Waals surface area contributed by atoms with Gasteiger partial charge >= 0.3 is 0 Å². The number of benzene rings is 8. The van der Waals surface area contributed by atoms with Gasteiger partial charge in [0.15, 0.2) is 0 Å². The number of allylic oxidation sites excluding steroid dienone is 4. The lowest BCUT2D eigenvalue weighted by molar-refractivity contribution is 0.627. The van der Waals surface area contributed by atoms with Crippen molar-refractivity contribution in [2.24, 2.45) is 0 Å². The van der Waals surface area contributed by atoms with E-state index in [1.165, 1.54) is 83.1 Å². The van der Waals surface area contributed by atoms with E-state index < -0.39 is 5.41 Å². The van der Waals surface area contributed by atoms with E-state index in [1.807, 2.05) is 63.2 Å². The Morgan fingerprint density at radius 1 is 0.541 bits per heavy atom. The van der Waals surface area contributed by atoms with Gasteiger partial charge in [-0.1, -0.05) is 215 Å². The highest BCUT2D eigenvalue weighted by molar-refractivity contribution is 6.13. The molecule has 12 rings (SSSR count).